The fraction of sp³-hybridized carbons (Fsp3) is 0. The third kappa shape index (κ3) is 3.29. The number of carbonyl (C=O) groups is 1. The second-order valence-electron chi connectivity index (χ2n) is 3.90. The number of carboxylic acid groups (broad SMARTS) is 1. The van der Waals surface area contributed by atoms with Gasteiger partial charge in [0.05, 0.1) is 10.0 Å². The molecule has 0 aliphatic rings. The molecular weight excluding hydrogens is 311 g/mol. The van der Waals surface area contributed by atoms with Crippen LogP contribution in [0.2, 0.25) is 0 Å². The largest absolute Gasteiger partial charge is 0.478 e. The topological polar surface area (TPSA) is 37.3 Å². The van der Waals surface area contributed by atoms with E-state index < -0.39 is 5.97 Å². The van der Waals surface area contributed by atoms with Crippen LogP contribution in [-0.4, -0.2) is 11.1 Å². The Hall–Kier alpha value is -1.94. The molecule has 96 valence electrons. The van der Waals surface area contributed by atoms with Gasteiger partial charge >= 0.3 is 5.97 Å². The van der Waals surface area contributed by atoms with Crippen LogP contribution < -0.4 is 0 Å². The summed E-state index contributed by atoms with van der Waals surface area (Å²) in [5.74, 6) is -1.40. The SMILES string of the molecule is O=C(O)/C(=C\c1ccc(F)c(Br)c1)c1ccccc1. The summed E-state index contributed by atoms with van der Waals surface area (Å²) in [6, 6.07) is 13.2. The Balaban J connectivity index is 2.47. The van der Waals surface area contributed by atoms with E-state index in [0.717, 1.165) is 0 Å². The first-order valence-electron chi connectivity index (χ1n) is 5.53. The Bertz CT molecular complexity index is 636. The van der Waals surface area contributed by atoms with Gasteiger partial charge in [0, 0.05) is 0 Å². The summed E-state index contributed by atoms with van der Waals surface area (Å²) in [5.41, 5.74) is 1.39. The second kappa shape index (κ2) is 5.80. The zero-order valence-corrected chi connectivity index (χ0v) is 11.4. The number of benzene rings is 2. The molecule has 4 heteroatoms. The van der Waals surface area contributed by atoms with E-state index >= 15 is 0 Å². The van der Waals surface area contributed by atoms with Crippen LogP contribution in [0.25, 0.3) is 11.6 Å². The van der Waals surface area contributed by atoms with Crippen molar-refractivity contribution >= 4 is 33.5 Å². The van der Waals surface area contributed by atoms with Gasteiger partial charge in [0.2, 0.25) is 0 Å². The molecule has 0 aliphatic heterocycles. The minimum Gasteiger partial charge on any atom is -0.478 e. The van der Waals surface area contributed by atoms with E-state index in [2.05, 4.69) is 15.9 Å². The predicted molar refractivity (Wildman–Crippen MR) is 76.0 cm³/mol. The average molecular weight is 321 g/mol. The molecule has 0 saturated carbocycles. The first-order valence-corrected chi connectivity index (χ1v) is 6.32. The normalized spacial score (nSPS) is 11.4. The van der Waals surface area contributed by atoms with E-state index in [1.807, 2.05) is 6.07 Å². The maximum Gasteiger partial charge on any atom is 0.336 e. The molecule has 0 bridgehead atoms. The average Bonchev–Trinajstić information content (AvgIpc) is 2.40. The van der Waals surface area contributed by atoms with Gasteiger partial charge in [-0.3, -0.25) is 0 Å². The molecular formula is C15H10BrFO2. The molecule has 0 amide bonds. The Kier molecular flexibility index (Phi) is 4.12. The van der Waals surface area contributed by atoms with Crippen LogP contribution in [0.4, 0.5) is 4.39 Å². The highest BCUT2D eigenvalue weighted by molar-refractivity contribution is 9.10. The molecule has 0 saturated heterocycles. The summed E-state index contributed by atoms with van der Waals surface area (Å²) in [6.07, 6.45) is 1.52. The van der Waals surface area contributed by atoms with Gasteiger partial charge in [0.15, 0.2) is 0 Å². The Morgan fingerprint density at radius 1 is 1.16 bits per heavy atom. The van der Waals surface area contributed by atoms with E-state index in [1.165, 1.54) is 18.2 Å². The maximum absolute atomic E-state index is 13.1. The van der Waals surface area contributed by atoms with Crippen molar-refractivity contribution in [1.29, 1.82) is 0 Å². The van der Waals surface area contributed by atoms with Gasteiger partial charge < -0.3 is 5.11 Å². The molecule has 0 fully saturated rings. The van der Waals surface area contributed by atoms with Crippen LogP contribution in [0.3, 0.4) is 0 Å². The van der Waals surface area contributed by atoms with Crippen LogP contribution >= 0.6 is 15.9 Å². The van der Waals surface area contributed by atoms with Crippen molar-refractivity contribution in [3.63, 3.8) is 0 Å². The zero-order valence-electron chi connectivity index (χ0n) is 9.81. The molecule has 1 N–H and O–H groups in total. The van der Waals surface area contributed by atoms with E-state index in [1.54, 1.807) is 30.3 Å². The lowest BCUT2D eigenvalue weighted by Gasteiger charge is -2.03. The molecule has 0 aromatic heterocycles. The number of carboxylic acids is 1. The van der Waals surface area contributed by atoms with Crippen LogP contribution in [0.5, 0.6) is 0 Å². The van der Waals surface area contributed by atoms with Crippen molar-refractivity contribution in [1.82, 2.24) is 0 Å². The maximum atomic E-state index is 13.1. The summed E-state index contributed by atoms with van der Waals surface area (Å²) in [7, 11) is 0. The summed E-state index contributed by atoms with van der Waals surface area (Å²) in [6.45, 7) is 0. The van der Waals surface area contributed by atoms with Gasteiger partial charge in [-0.25, -0.2) is 9.18 Å². The zero-order chi connectivity index (χ0) is 13.8. The number of hydrogen-bond donors (Lipinski definition) is 1. The third-order valence-electron chi connectivity index (χ3n) is 2.57. The highest BCUT2D eigenvalue weighted by atomic mass is 79.9. The van der Waals surface area contributed by atoms with Crippen LogP contribution in [0, 0.1) is 5.82 Å². The van der Waals surface area contributed by atoms with Crippen LogP contribution in [-0.2, 0) is 4.79 Å². The summed E-state index contributed by atoms with van der Waals surface area (Å²) >= 11 is 3.08. The molecule has 2 nitrogen and oxygen atoms in total. The Labute approximate surface area is 118 Å². The quantitative estimate of drug-likeness (QED) is 0.679. The van der Waals surface area contributed by atoms with Crippen molar-refractivity contribution in [2.24, 2.45) is 0 Å². The number of halogens is 2. The summed E-state index contributed by atoms with van der Waals surface area (Å²) < 4.78 is 13.4. The van der Waals surface area contributed by atoms with Crippen molar-refractivity contribution in [3.8, 4) is 0 Å². The molecule has 0 unspecified atom stereocenters. The number of rotatable bonds is 3. The molecule has 0 heterocycles. The molecule has 0 radical (unpaired) electrons. The first kappa shape index (κ1) is 13.5. The minimum absolute atomic E-state index is 0.166. The van der Waals surface area contributed by atoms with Gasteiger partial charge in [-0.2, -0.15) is 0 Å². The molecule has 2 rings (SSSR count). The van der Waals surface area contributed by atoms with Crippen molar-refractivity contribution in [2.45, 2.75) is 0 Å². The Morgan fingerprint density at radius 2 is 1.84 bits per heavy atom. The van der Waals surface area contributed by atoms with Gasteiger partial charge in [-0.15, -0.1) is 0 Å². The van der Waals surface area contributed by atoms with Gasteiger partial charge in [0.25, 0.3) is 0 Å². The molecule has 0 spiro atoms. The predicted octanol–water partition coefficient (Wildman–Crippen LogP) is 4.21. The molecule has 2 aromatic rings. The first-order chi connectivity index (χ1) is 9.08. The van der Waals surface area contributed by atoms with Crippen LogP contribution in [0.15, 0.2) is 53.0 Å². The van der Waals surface area contributed by atoms with Gasteiger partial charge in [-0.05, 0) is 45.3 Å². The smallest absolute Gasteiger partial charge is 0.336 e. The highest BCUT2D eigenvalue weighted by Gasteiger charge is 2.10. The van der Waals surface area contributed by atoms with Crippen molar-refractivity contribution in [2.75, 3.05) is 0 Å². The number of aliphatic carboxylic acids is 1. The fourth-order valence-corrected chi connectivity index (χ4v) is 2.05. The monoisotopic (exact) mass is 320 g/mol. The standard InChI is InChI=1S/C15H10BrFO2/c16-13-9-10(6-7-14(13)17)8-12(15(18)19)11-4-2-1-3-5-11/h1-9H,(H,18,19)/b12-8-. The van der Waals surface area contributed by atoms with Gasteiger partial charge in [0.1, 0.15) is 5.82 Å². The van der Waals surface area contributed by atoms with E-state index in [9.17, 15) is 14.3 Å². The van der Waals surface area contributed by atoms with Crippen LogP contribution in [0.1, 0.15) is 11.1 Å². The van der Waals surface area contributed by atoms with Gasteiger partial charge in [-0.1, -0.05) is 36.4 Å². The van der Waals surface area contributed by atoms with Crippen molar-refractivity contribution in [3.05, 3.63) is 69.9 Å². The fourth-order valence-electron chi connectivity index (χ4n) is 1.66. The lowest BCUT2D eigenvalue weighted by atomic mass is 10.0. The molecule has 2 aromatic carbocycles. The molecule has 0 atom stereocenters. The molecule has 19 heavy (non-hydrogen) atoms. The number of hydrogen-bond acceptors (Lipinski definition) is 1. The summed E-state index contributed by atoms with van der Waals surface area (Å²) in [5, 5.41) is 9.26. The van der Waals surface area contributed by atoms with E-state index in [-0.39, 0.29) is 11.4 Å². The molecule has 0 aliphatic carbocycles. The third-order valence-corrected chi connectivity index (χ3v) is 3.18. The lowest BCUT2D eigenvalue weighted by molar-refractivity contribution is -0.130. The highest BCUT2D eigenvalue weighted by Crippen LogP contribution is 2.22. The van der Waals surface area contributed by atoms with E-state index in [0.29, 0.717) is 15.6 Å². The van der Waals surface area contributed by atoms with E-state index in [4.69, 9.17) is 0 Å². The second-order valence-corrected chi connectivity index (χ2v) is 4.76. The van der Waals surface area contributed by atoms with Crippen molar-refractivity contribution < 1.29 is 14.3 Å². The lowest BCUT2D eigenvalue weighted by Crippen LogP contribution is -1.99. The Morgan fingerprint density at radius 3 is 2.42 bits per heavy atom. The minimum atomic E-state index is -1.02. The summed E-state index contributed by atoms with van der Waals surface area (Å²) in [4.78, 5) is 11.3.